The van der Waals surface area contributed by atoms with Crippen LogP contribution >= 0.6 is 23.1 Å². The summed E-state index contributed by atoms with van der Waals surface area (Å²) in [5.41, 5.74) is 2.82. The largest absolute Gasteiger partial charge is 0.485 e. The molecule has 1 aromatic carbocycles. The van der Waals surface area contributed by atoms with E-state index in [1.165, 1.54) is 23.8 Å². The second-order valence-corrected chi connectivity index (χ2v) is 10.5. The van der Waals surface area contributed by atoms with Crippen molar-refractivity contribution < 1.29 is 23.9 Å². The summed E-state index contributed by atoms with van der Waals surface area (Å²) in [5.74, 6) is 0.113. The van der Waals surface area contributed by atoms with Gasteiger partial charge in [0.15, 0.2) is 11.0 Å². The predicted molar refractivity (Wildman–Crippen MR) is 148 cm³/mol. The lowest BCUT2D eigenvalue weighted by molar-refractivity contribution is -0.113. The van der Waals surface area contributed by atoms with E-state index in [0.717, 1.165) is 28.2 Å². The van der Waals surface area contributed by atoms with E-state index in [1.807, 2.05) is 36.6 Å². The Labute approximate surface area is 230 Å². The summed E-state index contributed by atoms with van der Waals surface area (Å²) in [4.78, 5) is 39.6. The smallest absolute Gasteiger partial charge is 0.341 e. The number of amides is 2. The van der Waals surface area contributed by atoms with Crippen LogP contribution in [0.25, 0.3) is 0 Å². The van der Waals surface area contributed by atoms with Gasteiger partial charge in [0.25, 0.3) is 5.91 Å². The first kappa shape index (κ1) is 28.9. The number of nitrogens with one attached hydrogen (secondary N) is 1. The first-order valence-corrected chi connectivity index (χ1v) is 13.5. The number of thioether (sulfide) groups is 1. The Kier molecular flexibility index (Phi) is 9.70. The number of aromatic nitrogens is 3. The van der Waals surface area contributed by atoms with Gasteiger partial charge in [-0.3, -0.25) is 14.2 Å². The lowest BCUT2D eigenvalue weighted by Gasteiger charge is -2.12. The Morgan fingerprint density at radius 2 is 1.92 bits per heavy atom. The minimum absolute atomic E-state index is 0.00163. The van der Waals surface area contributed by atoms with E-state index in [4.69, 9.17) is 9.47 Å². The minimum Gasteiger partial charge on any atom is -0.485 e. The average molecular weight is 558 g/mol. The third-order valence-electron chi connectivity index (χ3n) is 5.74. The third-order valence-corrected chi connectivity index (χ3v) is 7.90. The highest BCUT2D eigenvalue weighted by Gasteiger charge is 2.27. The fraction of sp³-hybridized carbons (Fsp3) is 0.346. The van der Waals surface area contributed by atoms with E-state index in [9.17, 15) is 14.4 Å². The summed E-state index contributed by atoms with van der Waals surface area (Å²) >= 11 is 2.23. The molecule has 1 N–H and O–H groups in total. The highest BCUT2D eigenvalue weighted by molar-refractivity contribution is 7.99. The van der Waals surface area contributed by atoms with Crippen molar-refractivity contribution >= 4 is 45.9 Å². The number of hydrogen-bond donors (Lipinski definition) is 1. The van der Waals surface area contributed by atoms with Crippen LogP contribution in [0.4, 0.5) is 5.00 Å². The second-order valence-electron chi connectivity index (χ2n) is 8.57. The Morgan fingerprint density at radius 3 is 2.58 bits per heavy atom. The lowest BCUT2D eigenvalue weighted by Crippen LogP contribution is -2.21. The monoisotopic (exact) mass is 557 g/mol. The maximum atomic E-state index is 12.9. The van der Waals surface area contributed by atoms with Gasteiger partial charge in [0, 0.05) is 20.6 Å². The number of anilines is 1. The molecule has 0 unspecified atom stereocenters. The Hall–Kier alpha value is -3.64. The first-order chi connectivity index (χ1) is 18.1. The van der Waals surface area contributed by atoms with Crippen LogP contribution in [0, 0.1) is 20.8 Å². The average Bonchev–Trinajstić information content (AvgIpc) is 3.42. The zero-order valence-corrected chi connectivity index (χ0v) is 23.9. The summed E-state index contributed by atoms with van der Waals surface area (Å²) in [6, 6.07) is 5.86. The van der Waals surface area contributed by atoms with Crippen molar-refractivity contribution in [3.05, 3.63) is 63.8 Å². The zero-order chi connectivity index (χ0) is 28.0. The van der Waals surface area contributed by atoms with Gasteiger partial charge in [-0.25, -0.2) is 4.79 Å². The number of carbonyl (C=O) groups is 3. The van der Waals surface area contributed by atoms with Crippen molar-refractivity contribution in [2.75, 3.05) is 32.3 Å². The number of nitrogens with zero attached hydrogens (tertiary/aromatic N) is 4. The van der Waals surface area contributed by atoms with Crippen LogP contribution in [0.15, 0.2) is 36.0 Å². The van der Waals surface area contributed by atoms with Gasteiger partial charge in [0.05, 0.1) is 23.3 Å². The number of carbonyl (C=O) groups excluding carboxylic acids is 3. The molecule has 0 aliphatic heterocycles. The van der Waals surface area contributed by atoms with Crippen molar-refractivity contribution in [2.24, 2.45) is 0 Å². The van der Waals surface area contributed by atoms with Gasteiger partial charge in [0.1, 0.15) is 17.4 Å². The molecule has 0 radical (unpaired) electrons. The van der Waals surface area contributed by atoms with Crippen molar-refractivity contribution in [2.45, 2.75) is 39.1 Å². The van der Waals surface area contributed by atoms with Crippen molar-refractivity contribution in [3.8, 4) is 5.75 Å². The molecule has 0 fully saturated rings. The highest BCUT2D eigenvalue weighted by atomic mass is 32.2. The number of rotatable bonds is 11. The number of esters is 1. The van der Waals surface area contributed by atoms with Crippen molar-refractivity contribution in [3.63, 3.8) is 0 Å². The van der Waals surface area contributed by atoms with Crippen LogP contribution in [0.1, 0.15) is 42.5 Å². The SMILES string of the molecule is C=CCn1c(COc2cccc(C)c2C)nnc1SCC(=O)Nc1sc(C(=O)N(C)C)c(C)c1C(=O)OC. The van der Waals surface area contributed by atoms with Crippen LogP contribution in [0.5, 0.6) is 5.75 Å². The molecule has 202 valence electrons. The van der Waals surface area contributed by atoms with Crippen molar-refractivity contribution in [1.29, 1.82) is 0 Å². The van der Waals surface area contributed by atoms with E-state index in [0.29, 0.717) is 28.0 Å². The van der Waals surface area contributed by atoms with Crippen LogP contribution in [-0.4, -0.2) is 64.4 Å². The molecule has 0 saturated carbocycles. The van der Waals surface area contributed by atoms with Crippen molar-refractivity contribution in [1.82, 2.24) is 19.7 Å². The molecular weight excluding hydrogens is 526 g/mol. The van der Waals surface area contributed by atoms with Crippen LogP contribution in [-0.2, 0) is 22.7 Å². The minimum atomic E-state index is -0.626. The van der Waals surface area contributed by atoms with Gasteiger partial charge >= 0.3 is 5.97 Å². The second kappa shape index (κ2) is 12.7. The van der Waals surface area contributed by atoms with E-state index in [2.05, 4.69) is 22.1 Å². The van der Waals surface area contributed by atoms with E-state index in [1.54, 1.807) is 27.1 Å². The number of methoxy groups -OCH3 is 1. The summed E-state index contributed by atoms with van der Waals surface area (Å²) in [7, 11) is 4.49. The van der Waals surface area contributed by atoms with Gasteiger partial charge in [-0.05, 0) is 43.5 Å². The molecule has 38 heavy (non-hydrogen) atoms. The molecule has 2 heterocycles. The molecule has 0 bridgehead atoms. The number of hydrogen-bond acceptors (Lipinski definition) is 9. The standard InChI is InChI=1S/C26H31N5O5S2/c1-8-12-31-19(13-36-18-11-9-10-15(2)16(18)3)28-29-26(31)37-14-20(32)27-23-21(25(34)35-7)17(4)22(38-23)24(33)30(5)6/h8-11H,1,12-14H2,2-7H3,(H,27,32). The van der Waals surface area contributed by atoms with Gasteiger partial charge in [-0.1, -0.05) is 30.0 Å². The van der Waals surface area contributed by atoms with Crippen LogP contribution in [0.3, 0.4) is 0 Å². The molecule has 2 amide bonds. The quantitative estimate of drug-likeness (QED) is 0.211. The number of ether oxygens (including phenoxy) is 2. The lowest BCUT2D eigenvalue weighted by atomic mass is 10.1. The van der Waals surface area contributed by atoms with Gasteiger partial charge in [-0.15, -0.1) is 28.1 Å². The molecule has 3 rings (SSSR count). The highest BCUT2D eigenvalue weighted by Crippen LogP contribution is 2.34. The molecule has 3 aromatic rings. The number of aryl methyl sites for hydroxylation is 1. The van der Waals surface area contributed by atoms with E-state index in [-0.39, 0.29) is 34.7 Å². The molecule has 10 nitrogen and oxygen atoms in total. The Balaban J connectivity index is 1.73. The Bertz CT molecular complexity index is 1360. The topological polar surface area (TPSA) is 116 Å². The molecular formula is C26H31N5O5S2. The molecule has 0 saturated heterocycles. The third kappa shape index (κ3) is 6.43. The molecule has 0 atom stereocenters. The first-order valence-electron chi connectivity index (χ1n) is 11.7. The fourth-order valence-corrected chi connectivity index (χ4v) is 5.52. The number of benzene rings is 1. The van der Waals surface area contributed by atoms with Gasteiger partial charge in [-0.2, -0.15) is 0 Å². The van der Waals surface area contributed by atoms with E-state index >= 15 is 0 Å². The molecule has 0 spiro atoms. The molecule has 0 aliphatic rings. The molecule has 0 aliphatic carbocycles. The molecule has 2 aromatic heterocycles. The van der Waals surface area contributed by atoms with E-state index < -0.39 is 5.97 Å². The Morgan fingerprint density at radius 1 is 1.18 bits per heavy atom. The summed E-state index contributed by atoms with van der Waals surface area (Å²) < 4.78 is 12.7. The normalized spacial score (nSPS) is 10.7. The van der Waals surface area contributed by atoms with Crippen LogP contribution in [0.2, 0.25) is 0 Å². The maximum absolute atomic E-state index is 12.9. The zero-order valence-electron chi connectivity index (χ0n) is 22.3. The van der Waals surface area contributed by atoms with Crippen LogP contribution < -0.4 is 10.1 Å². The number of allylic oxidation sites excluding steroid dienone is 1. The molecule has 12 heteroatoms. The summed E-state index contributed by atoms with van der Waals surface area (Å²) in [6.45, 7) is 10.1. The number of thiophene rings is 1. The fourth-order valence-electron chi connectivity index (χ4n) is 3.52. The summed E-state index contributed by atoms with van der Waals surface area (Å²) in [6.07, 6.45) is 1.72. The van der Waals surface area contributed by atoms with Gasteiger partial charge < -0.3 is 19.7 Å². The van der Waals surface area contributed by atoms with Gasteiger partial charge in [0.2, 0.25) is 5.91 Å². The predicted octanol–water partition coefficient (Wildman–Crippen LogP) is 4.25. The summed E-state index contributed by atoms with van der Waals surface area (Å²) in [5, 5.41) is 12.0. The maximum Gasteiger partial charge on any atom is 0.341 e.